The van der Waals surface area contributed by atoms with E-state index in [1.54, 1.807) is 0 Å². The molecule has 20 heavy (non-hydrogen) atoms. The summed E-state index contributed by atoms with van der Waals surface area (Å²) < 4.78 is 0. The van der Waals surface area contributed by atoms with Gasteiger partial charge in [-0.1, -0.05) is 17.7 Å². The fraction of sp³-hybridized carbons (Fsp3) is 0.533. The van der Waals surface area contributed by atoms with Crippen molar-refractivity contribution in [1.29, 1.82) is 0 Å². The third-order valence-corrected chi connectivity index (χ3v) is 4.00. The minimum atomic E-state index is -0.0588. The average molecular weight is 296 g/mol. The maximum absolute atomic E-state index is 11.9. The van der Waals surface area contributed by atoms with E-state index >= 15 is 0 Å². The van der Waals surface area contributed by atoms with Crippen LogP contribution in [0.4, 0.5) is 5.69 Å². The van der Waals surface area contributed by atoms with Gasteiger partial charge >= 0.3 is 0 Å². The van der Waals surface area contributed by atoms with Gasteiger partial charge in [0.2, 0.25) is 5.91 Å². The lowest BCUT2D eigenvalue weighted by molar-refractivity contribution is -0.125. The molecule has 0 saturated carbocycles. The summed E-state index contributed by atoms with van der Waals surface area (Å²) in [6.07, 6.45) is 0. The molecule has 1 saturated heterocycles. The molecular weight excluding hydrogens is 274 g/mol. The molecule has 1 heterocycles. The summed E-state index contributed by atoms with van der Waals surface area (Å²) in [6, 6.07) is 7.87. The van der Waals surface area contributed by atoms with Gasteiger partial charge in [0.1, 0.15) is 0 Å². The van der Waals surface area contributed by atoms with Gasteiger partial charge in [0.25, 0.3) is 0 Å². The summed E-state index contributed by atoms with van der Waals surface area (Å²) in [6.45, 7) is 8.23. The summed E-state index contributed by atoms with van der Waals surface area (Å²) >= 11 is 6.03. The maximum Gasteiger partial charge on any atom is 0.237 e. The fourth-order valence-electron chi connectivity index (χ4n) is 2.53. The summed E-state index contributed by atoms with van der Waals surface area (Å²) in [5, 5.41) is 3.65. The van der Waals surface area contributed by atoms with E-state index < -0.39 is 0 Å². The van der Waals surface area contributed by atoms with Crippen molar-refractivity contribution < 1.29 is 4.79 Å². The standard InChI is InChI=1S/C15H22ClN3O/c1-3-17-15(20)12(2)18-7-9-19(10-8-18)14-6-4-5-13(16)11-14/h4-6,11-12H,3,7-10H2,1-2H3,(H,17,20). The van der Waals surface area contributed by atoms with E-state index in [9.17, 15) is 4.79 Å². The topological polar surface area (TPSA) is 35.6 Å². The molecule has 1 N–H and O–H groups in total. The van der Waals surface area contributed by atoms with Gasteiger partial charge in [-0.3, -0.25) is 9.69 Å². The second-order valence-corrected chi connectivity index (χ2v) is 5.51. The van der Waals surface area contributed by atoms with Gasteiger partial charge < -0.3 is 10.2 Å². The van der Waals surface area contributed by atoms with Crippen molar-refractivity contribution >= 4 is 23.2 Å². The number of rotatable bonds is 4. The number of likely N-dealkylation sites (N-methyl/N-ethyl adjacent to an activating group) is 1. The van der Waals surface area contributed by atoms with Crippen LogP contribution in [0.3, 0.4) is 0 Å². The van der Waals surface area contributed by atoms with E-state index in [1.807, 2.05) is 32.0 Å². The molecule has 0 bridgehead atoms. The van der Waals surface area contributed by atoms with Gasteiger partial charge in [0.05, 0.1) is 6.04 Å². The Kier molecular flexibility index (Phi) is 5.26. The lowest BCUT2D eigenvalue weighted by Crippen LogP contribution is -2.54. The van der Waals surface area contributed by atoms with Crippen LogP contribution in [0.15, 0.2) is 24.3 Å². The number of amides is 1. The van der Waals surface area contributed by atoms with E-state index in [0.717, 1.165) is 36.9 Å². The van der Waals surface area contributed by atoms with Gasteiger partial charge in [0.15, 0.2) is 0 Å². The molecule has 0 spiro atoms. The molecule has 1 aliphatic rings. The number of carbonyl (C=O) groups excluding carboxylic acids is 1. The molecule has 1 aliphatic heterocycles. The minimum absolute atomic E-state index is 0.0588. The molecule has 1 unspecified atom stereocenters. The monoisotopic (exact) mass is 295 g/mol. The van der Waals surface area contributed by atoms with Crippen molar-refractivity contribution in [2.24, 2.45) is 0 Å². The predicted octanol–water partition coefficient (Wildman–Crippen LogP) is 1.99. The Labute approximate surface area is 125 Å². The van der Waals surface area contributed by atoms with Crippen LogP contribution in [0, 0.1) is 0 Å². The second-order valence-electron chi connectivity index (χ2n) is 5.07. The van der Waals surface area contributed by atoms with Gasteiger partial charge in [0, 0.05) is 43.4 Å². The van der Waals surface area contributed by atoms with Crippen molar-refractivity contribution in [1.82, 2.24) is 10.2 Å². The van der Waals surface area contributed by atoms with Crippen LogP contribution in [-0.4, -0.2) is 49.6 Å². The smallest absolute Gasteiger partial charge is 0.237 e. The average Bonchev–Trinajstić information content (AvgIpc) is 2.47. The van der Waals surface area contributed by atoms with E-state index in [2.05, 4.69) is 21.2 Å². The number of hydrogen-bond acceptors (Lipinski definition) is 3. The Morgan fingerprint density at radius 1 is 1.35 bits per heavy atom. The molecule has 0 aromatic heterocycles. The molecule has 1 amide bonds. The highest BCUT2D eigenvalue weighted by atomic mass is 35.5. The minimum Gasteiger partial charge on any atom is -0.369 e. The predicted molar refractivity (Wildman–Crippen MR) is 83.4 cm³/mol. The molecule has 110 valence electrons. The fourth-order valence-corrected chi connectivity index (χ4v) is 2.71. The van der Waals surface area contributed by atoms with Gasteiger partial charge in [-0.2, -0.15) is 0 Å². The van der Waals surface area contributed by atoms with Crippen LogP contribution in [0.5, 0.6) is 0 Å². The number of benzene rings is 1. The van der Waals surface area contributed by atoms with E-state index in [0.29, 0.717) is 6.54 Å². The quantitative estimate of drug-likeness (QED) is 0.923. The first-order valence-corrected chi connectivity index (χ1v) is 7.52. The molecule has 1 aromatic rings. The third kappa shape index (κ3) is 3.64. The highest BCUT2D eigenvalue weighted by Gasteiger charge is 2.25. The van der Waals surface area contributed by atoms with Crippen molar-refractivity contribution in [3.8, 4) is 0 Å². The van der Waals surface area contributed by atoms with Crippen molar-refractivity contribution in [2.45, 2.75) is 19.9 Å². The van der Waals surface area contributed by atoms with Gasteiger partial charge in [-0.15, -0.1) is 0 Å². The lowest BCUT2D eigenvalue weighted by atomic mass is 10.2. The Morgan fingerprint density at radius 3 is 2.65 bits per heavy atom. The summed E-state index contributed by atoms with van der Waals surface area (Å²) in [5.41, 5.74) is 1.16. The summed E-state index contributed by atoms with van der Waals surface area (Å²) in [7, 11) is 0. The van der Waals surface area contributed by atoms with E-state index in [4.69, 9.17) is 11.6 Å². The molecule has 2 rings (SSSR count). The molecule has 1 atom stereocenters. The molecule has 5 heteroatoms. The SMILES string of the molecule is CCNC(=O)C(C)N1CCN(c2cccc(Cl)c2)CC1. The Balaban J connectivity index is 1.90. The van der Waals surface area contributed by atoms with Crippen LogP contribution in [0.1, 0.15) is 13.8 Å². The Morgan fingerprint density at radius 2 is 2.05 bits per heavy atom. The number of piperazine rings is 1. The summed E-state index contributed by atoms with van der Waals surface area (Å²) in [5.74, 6) is 0.115. The Bertz CT molecular complexity index is 458. The van der Waals surface area contributed by atoms with Gasteiger partial charge in [-0.25, -0.2) is 0 Å². The van der Waals surface area contributed by atoms with Crippen molar-refractivity contribution in [2.75, 3.05) is 37.6 Å². The molecule has 1 fully saturated rings. The molecule has 0 aliphatic carbocycles. The summed E-state index contributed by atoms with van der Waals surface area (Å²) in [4.78, 5) is 16.4. The maximum atomic E-state index is 11.9. The first-order valence-electron chi connectivity index (χ1n) is 7.14. The number of nitrogens with one attached hydrogen (secondary N) is 1. The lowest BCUT2D eigenvalue weighted by Gasteiger charge is -2.38. The highest BCUT2D eigenvalue weighted by molar-refractivity contribution is 6.30. The zero-order chi connectivity index (χ0) is 14.5. The van der Waals surface area contributed by atoms with E-state index in [1.165, 1.54) is 0 Å². The number of hydrogen-bond donors (Lipinski definition) is 1. The van der Waals surface area contributed by atoms with Crippen LogP contribution in [0.25, 0.3) is 0 Å². The van der Waals surface area contributed by atoms with Crippen molar-refractivity contribution in [3.63, 3.8) is 0 Å². The van der Waals surface area contributed by atoms with Gasteiger partial charge in [-0.05, 0) is 32.0 Å². The zero-order valence-electron chi connectivity index (χ0n) is 12.1. The second kappa shape index (κ2) is 6.95. The molecule has 1 aromatic carbocycles. The zero-order valence-corrected chi connectivity index (χ0v) is 12.9. The molecular formula is C15H22ClN3O. The van der Waals surface area contributed by atoms with Crippen LogP contribution in [0.2, 0.25) is 5.02 Å². The first-order chi connectivity index (χ1) is 9.61. The number of halogens is 1. The third-order valence-electron chi connectivity index (χ3n) is 3.77. The van der Waals surface area contributed by atoms with Crippen LogP contribution < -0.4 is 10.2 Å². The molecule has 4 nitrogen and oxygen atoms in total. The van der Waals surface area contributed by atoms with Crippen LogP contribution in [-0.2, 0) is 4.79 Å². The largest absolute Gasteiger partial charge is 0.369 e. The van der Waals surface area contributed by atoms with Crippen molar-refractivity contribution in [3.05, 3.63) is 29.3 Å². The molecule has 0 radical (unpaired) electrons. The Hall–Kier alpha value is -1.26. The number of anilines is 1. The first kappa shape index (κ1) is 15.1. The number of nitrogens with zero attached hydrogens (tertiary/aromatic N) is 2. The van der Waals surface area contributed by atoms with E-state index in [-0.39, 0.29) is 11.9 Å². The highest BCUT2D eigenvalue weighted by Crippen LogP contribution is 2.21. The van der Waals surface area contributed by atoms with Crippen LogP contribution >= 0.6 is 11.6 Å². The normalized spacial score (nSPS) is 17.9. The number of carbonyl (C=O) groups is 1.